The van der Waals surface area contributed by atoms with Crippen molar-refractivity contribution in [1.29, 1.82) is 0 Å². The average molecular weight is 544 g/mol. The highest BCUT2D eigenvalue weighted by Gasteiger charge is 2.41. The summed E-state index contributed by atoms with van der Waals surface area (Å²) in [7, 11) is 0. The van der Waals surface area contributed by atoms with E-state index in [9.17, 15) is 4.79 Å². The van der Waals surface area contributed by atoms with Crippen LogP contribution in [0.3, 0.4) is 0 Å². The van der Waals surface area contributed by atoms with Gasteiger partial charge >= 0.3 is 0 Å². The van der Waals surface area contributed by atoms with Crippen molar-refractivity contribution in [3.63, 3.8) is 0 Å². The molecular formula is C26H33IN4O. The van der Waals surface area contributed by atoms with Crippen molar-refractivity contribution in [3.8, 4) is 0 Å². The number of amides is 1. The number of hydrogen-bond donors (Lipinski definition) is 1. The second-order valence-corrected chi connectivity index (χ2v) is 8.94. The summed E-state index contributed by atoms with van der Waals surface area (Å²) >= 11 is 0. The van der Waals surface area contributed by atoms with E-state index in [2.05, 4.69) is 71.7 Å². The first-order valence-corrected chi connectivity index (χ1v) is 11.7. The van der Waals surface area contributed by atoms with Gasteiger partial charge in [0.15, 0.2) is 5.96 Å². The first kappa shape index (κ1) is 23.1. The Morgan fingerprint density at radius 2 is 1.91 bits per heavy atom. The second-order valence-electron chi connectivity index (χ2n) is 8.94. The summed E-state index contributed by atoms with van der Waals surface area (Å²) in [6, 6.07) is 19.9. The second kappa shape index (κ2) is 10.2. The Hall–Kier alpha value is -2.09. The summed E-state index contributed by atoms with van der Waals surface area (Å²) in [5.74, 6) is 2.31. The maximum Gasteiger partial charge on any atom is 0.222 e. The lowest BCUT2D eigenvalue weighted by molar-refractivity contribution is -0.127. The number of guanidine groups is 1. The molecule has 2 aliphatic heterocycles. The molecule has 2 aromatic carbocycles. The number of likely N-dealkylation sites (tertiary alicyclic amines) is 1. The fourth-order valence-electron chi connectivity index (χ4n) is 5.14. The molecule has 1 amide bonds. The van der Waals surface area contributed by atoms with Crippen molar-refractivity contribution in [3.05, 3.63) is 65.7 Å². The molecule has 2 heterocycles. The first-order valence-electron chi connectivity index (χ1n) is 11.7. The zero-order valence-corrected chi connectivity index (χ0v) is 21.1. The lowest BCUT2D eigenvalue weighted by Crippen LogP contribution is -2.42. The van der Waals surface area contributed by atoms with Crippen molar-refractivity contribution in [1.82, 2.24) is 10.2 Å². The lowest BCUT2D eigenvalue weighted by Gasteiger charge is -2.24. The van der Waals surface area contributed by atoms with Crippen LogP contribution in [-0.4, -0.2) is 49.0 Å². The van der Waals surface area contributed by atoms with E-state index in [4.69, 9.17) is 4.99 Å². The highest BCUT2D eigenvalue weighted by Crippen LogP contribution is 2.42. The van der Waals surface area contributed by atoms with Gasteiger partial charge in [0.1, 0.15) is 0 Å². The van der Waals surface area contributed by atoms with Gasteiger partial charge in [-0.05, 0) is 43.4 Å². The summed E-state index contributed by atoms with van der Waals surface area (Å²) in [4.78, 5) is 21.3. The molecule has 2 aromatic rings. The molecule has 2 fully saturated rings. The third-order valence-corrected chi connectivity index (χ3v) is 6.89. The molecule has 3 atom stereocenters. The lowest BCUT2D eigenvalue weighted by atomic mass is 9.98. The maximum atomic E-state index is 12.0. The Bertz CT molecular complexity index is 963. The average Bonchev–Trinajstić information content (AvgIpc) is 3.30. The molecule has 0 bridgehead atoms. The van der Waals surface area contributed by atoms with Crippen LogP contribution in [-0.2, 0) is 4.79 Å². The number of para-hydroxylation sites is 1. The maximum absolute atomic E-state index is 12.0. The number of carbonyl (C=O) groups excluding carboxylic acids is 1. The van der Waals surface area contributed by atoms with Crippen molar-refractivity contribution in [2.75, 3.05) is 31.1 Å². The Morgan fingerprint density at radius 3 is 2.66 bits per heavy atom. The number of halogens is 1. The van der Waals surface area contributed by atoms with Crippen LogP contribution in [0.4, 0.5) is 5.69 Å². The molecule has 5 nitrogen and oxygen atoms in total. The summed E-state index contributed by atoms with van der Waals surface area (Å²) in [5, 5.41) is 3.76. The van der Waals surface area contributed by atoms with Gasteiger partial charge in [0, 0.05) is 56.2 Å². The number of nitrogens with one attached hydrogen (secondary N) is 1. The van der Waals surface area contributed by atoms with Crippen LogP contribution in [0.1, 0.15) is 55.6 Å². The molecule has 0 radical (unpaired) electrons. The minimum Gasteiger partial charge on any atom is -0.353 e. The number of aliphatic imine (C=N–C) groups is 1. The van der Waals surface area contributed by atoms with Crippen LogP contribution in [0.5, 0.6) is 0 Å². The third-order valence-electron chi connectivity index (χ3n) is 6.89. The molecule has 0 spiro atoms. The van der Waals surface area contributed by atoms with Crippen LogP contribution < -0.4 is 10.2 Å². The van der Waals surface area contributed by atoms with Crippen molar-refractivity contribution >= 4 is 41.5 Å². The minimum atomic E-state index is 0. The van der Waals surface area contributed by atoms with E-state index in [1.54, 1.807) is 0 Å². The van der Waals surface area contributed by atoms with Crippen LogP contribution in [0, 0.1) is 0 Å². The highest BCUT2D eigenvalue weighted by molar-refractivity contribution is 14.0. The molecule has 3 unspecified atom stereocenters. The van der Waals surface area contributed by atoms with E-state index in [1.165, 1.54) is 16.8 Å². The predicted octanol–water partition coefficient (Wildman–Crippen LogP) is 4.74. The first-order chi connectivity index (χ1) is 15.2. The summed E-state index contributed by atoms with van der Waals surface area (Å²) in [5.41, 5.74) is 4.05. The van der Waals surface area contributed by atoms with Gasteiger partial charge in [0.25, 0.3) is 0 Å². The summed E-state index contributed by atoms with van der Waals surface area (Å²) in [6.45, 7) is 5.57. The van der Waals surface area contributed by atoms with Gasteiger partial charge in [-0.15, -0.1) is 24.0 Å². The normalized spacial score (nSPS) is 24.3. The van der Waals surface area contributed by atoms with Gasteiger partial charge in [0.2, 0.25) is 5.91 Å². The standard InChI is InChI=1S/C26H32N4O.HI/c1-2-27-26(28-23-17-22(23)19-9-4-3-5-10-19)30-18-20(21-11-6-7-12-24(21)30)14-16-29-15-8-13-25(29)31;/h3-7,9-12,20,22-23H,2,8,13-18H2,1H3,(H,27,28);1H. The molecule has 1 saturated carbocycles. The minimum absolute atomic E-state index is 0. The van der Waals surface area contributed by atoms with E-state index in [0.29, 0.717) is 30.2 Å². The number of benzene rings is 2. The zero-order valence-electron chi connectivity index (χ0n) is 18.7. The van der Waals surface area contributed by atoms with Gasteiger partial charge in [-0.3, -0.25) is 9.79 Å². The van der Waals surface area contributed by atoms with Crippen LogP contribution >= 0.6 is 24.0 Å². The molecule has 32 heavy (non-hydrogen) atoms. The number of carbonyl (C=O) groups is 1. The van der Waals surface area contributed by atoms with E-state index in [1.807, 2.05) is 4.90 Å². The van der Waals surface area contributed by atoms with E-state index < -0.39 is 0 Å². The van der Waals surface area contributed by atoms with Crippen molar-refractivity contribution in [2.45, 2.75) is 50.5 Å². The van der Waals surface area contributed by atoms with Gasteiger partial charge in [0.05, 0.1) is 0 Å². The van der Waals surface area contributed by atoms with Crippen LogP contribution in [0.15, 0.2) is 59.6 Å². The molecule has 6 heteroatoms. The highest BCUT2D eigenvalue weighted by atomic mass is 127. The van der Waals surface area contributed by atoms with Crippen molar-refractivity contribution in [2.24, 2.45) is 4.99 Å². The Kier molecular flexibility index (Phi) is 7.38. The topological polar surface area (TPSA) is 47.9 Å². The molecule has 3 aliphatic rings. The largest absolute Gasteiger partial charge is 0.353 e. The van der Waals surface area contributed by atoms with E-state index >= 15 is 0 Å². The van der Waals surface area contributed by atoms with Crippen LogP contribution in [0.25, 0.3) is 0 Å². The van der Waals surface area contributed by atoms with Crippen molar-refractivity contribution < 1.29 is 4.79 Å². The molecule has 170 valence electrons. The number of anilines is 1. The van der Waals surface area contributed by atoms with Gasteiger partial charge in [-0.1, -0.05) is 48.5 Å². The molecule has 1 saturated heterocycles. The fraction of sp³-hybridized carbons (Fsp3) is 0.462. The smallest absolute Gasteiger partial charge is 0.222 e. The Labute approximate surface area is 208 Å². The summed E-state index contributed by atoms with van der Waals surface area (Å²) < 4.78 is 0. The molecule has 5 rings (SSSR count). The van der Waals surface area contributed by atoms with Gasteiger partial charge in [-0.2, -0.15) is 0 Å². The van der Waals surface area contributed by atoms with E-state index in [-0.39, 0.29) is 24.0 Å². The Balaban J connectivity index is 0.00000245. The molecular weight excluding hydrogens is 511 g/mol. The third kappa shape index (κ3) is 4.80. The number of rotatable bonds is 6. The monoisotopic (exact) mass is 544 g/mol. The number of fused-ring (bicyclic) bond motifs is 1. The molecule has 1 N–H and O–H groups in total. The zero-order chi connectivity index (χ0) is 21.2. The number of hydrogen-bond acceptors (Lipinski definition) is 2. The Morgan fingerprint density at radius 1 is 1.12 bits per heavy atom. The SMILES string of the molecule is CCN=C(NC1CC1c1ccccc1)N1CC(CCN2CCCC2=O)c2ccccc21.I. The number of nitrogens with zero attached hydrogens (tertiary/aromatic N) is 3. The van der Waals surface area contributed by atoms with Gasteiger partial charge in [-0.25, -0.2) is 0 Å². The molecule has 0 aromatic heterocycles. The van der Waals surface area contributed by atoms with Crippen LogP contribution in [0.2, 0.25) is 0 Å². The van der Waals surface area contributed by atoms with Gasteiger partial charge < -0.3 is 15.1 Å². The van der Waals surface area contributed by atoms with E-state index in [0.717, 1.165) is 51.4 Å². The quantitative estimate of drug-likeness (QED) is 0.325. The molecule has 1 aliphatic carbocycles. The summed E-state index contributed by atoms with van der Waals surface area (Å²) in [6.07, 6.45) is 3.89. The fourth-order valence-corrected chi connectivity index (χ4v) is 5.14. The predicted molar refractivity (Wildman–Crippen MR) is 141 cm³/mol.